The molecule has 0 aromatic heterocycles. The van der Waals surface area contributed by atoms with Gasteiger partial charge in [-0.15, -0.1) is 0 Å². The number of carbonyl (C=O) groups is 1. The molecule has 1 aromatic carbocycles. The normalized spacial score (nSPS) is 18.7. The number of hydrogen-bond donors (Lipinski definition) is 6. The highest BCUT2D eigenvalue weighted by atomic mass is 16.5. The van der Waals surface area contributed by atoms with Crippen molar-refractivity contribution in [3.05, 3.63) is 23.3 Å². The number of aryl methyl sites for hydroxylation is 1. The number of nitrogens with zero attached hydrogens (tertiary/aromatic N) is 1. The molecule has 1 aromatic rings. The van der Waals surface area contributed by atoms with E-state index in [1.54, 1.807) is 17.0 Å². The van der Waals surface area contributed by atoms with Crippen LogP contribution in [-0.4, -0.2) is 76.2 Å². The number of hydrogen-bond acceptors (Lipinski definition) is 9. The Labute approximate surface area is 169 Å². The van der Waals surface area contributed by atoms with Gasteiger partial charge in [-0.3, -0.25) is 4.79 Å². The van der Waals surface area contributed by atoms with E-state index in [4.69, 9.17) is 20.9 Å². The molecule has 2 aliphatic heterocycles. The lowest BCUT2D eigenvalue weighted by Gasteiger charge is -2.40. The molecule has 1 unspecified atom stereocenters. The van der Waals surface area contributed by atoms with Gasteiger partial charge in [0.05, 0.1) is 24.8 Å². The molecule has 0 radical (unpaired) electrons. The summed E-state index contributed by atoms with van der Waals surface area (Å²) in [5, 5.41) is 38.9. The number of carbonyl (C=O) groups excluding carboxylic acids is 1. The van der Waals surface area contributed by atoms with E-state index < -0.39 is 25.6 Å². The number of aliphatic hydroxyl groups excluding tert-OH is 2. The fourth-order valence-electron chi connectivity index (χ4n) is 3.50. The number of ether oxygens (including phenoxy) is 1. The minimum absolute atomic E-state index is 0.0511. The molecular formula is C18H28BN3O7. The van der Waals surface area contributed by atoms with Gasteiger partial charge >= 0.3 is 7.12 Å². The standard InChI is InChI=1S/C18H28BN3O7/c20-7-13(23)12(21)2-4-15(24)22-8-11(9-22)28-14-3-1-10-5-6-19(27)29-17(10)16(14)18(25)26/h1,3,11-13,18,23,25-27H,2,4-9,20-21H2/t12-,13?/m1/s1. The van der Waals surface area contributed by atoms with E-state index in [1.165, 1.54) is 0 Å². The van der Waals surface area contributed by atoms with Gasteiger partial charge in [-0.1, -0.05) is 6.07 Å². The van der Waals surface area contributed by atoms with Crippen LogP contribution in [0.25, 0.3) is 0 Å². The first kappa shape index (κ1) is 21.8. The lowest BCUT2D eigenvalue weighted by Crippen LogP contribution is -2.56. The van der Waals surface area contributed by atoms with E-state index in [-0.39, 0.29) is 42.0 Å². The highest BCUT2D eigenvalue weighted by molar-refractivity contribution is 6.44. The monoisotopic (exact) mass is 409 g/mol. The number of benzene rings is 1. The fourth-order valence-corrected chi connectivity index (χ4v) is 3.50. The molecule has 160 valence electrons. The van der Waals surface area contributed by atoms with E-state index in [0.717, 1.165) is 5.56 Å². The molecular weight excluding hydrogens is 381 g/mol. The van der Waals surface area contributed by atoms with Crippen LogP contribution in [0.15, 0.2) is 12.1 Å². The first-order valence-electron chi connectivity index (χ1n) is 9.75. The van der Waals surface area contributed by atoms with Crippen molar-refractivity contribution in [2.75, 3.05) is 19.6 Å². The first-order chi connectivity index (χ1) is 13.8. The molecule has 1 saturated heterocycles. The number of fused-ring (bicyclic) bond motifs is 1. The van der Waals surface area contributed by atoms with Gasteiger partial charge in [-0.25, -0.2) is 0 Å². The van der Waals surface area contributed by atoms with Gasteiger partial charge in [-0.05, 0) is 30.8 Å². The largest absolute Gasteiger partial charge is 0.535 e. The SMILES string of the molecule is NCC(O)[C@H](N)CCC(=O)N1CC(Oc2ccc3c(c2C(O)O)OB(O)CC3)C1. The molecule has 1 fully saturated rings. The summed E-state index contributed by atoms with van der Waals surface area (Å²) in [7, 11) is -1.00. The predicted molar refractivity (Wildman–Crippen MR) is 104 cm³/mol. The smallest absolute Gasteiger partial charge is 0.522 e. The maximum Gasteiger partial charge on any atom is 0.522 e. The number of amides is 1. The van der Waals surface area contributed by atoms with Gasteiger partial charge < -0.3 is 46.1 Å². The number of rotatable bonds is 8. The van der Waals surface area contributed by atoms with Gasteiger partial charge in [0.15, 0.2) is 6.29 Å². The summed E-state index contributed by atoms with van der Waals surface area (Å²) < 4.78 is 11.2. The molecule has 10 nitrogen and oxygen atoms in total. The molecule has 1 amide bonds. The Kier molecular flexibility index (Phi) is 6.99. The van der Waals surface area contributed by atoms with E-state index in [0.29, 0.717) is 32.3 Å². The Morgan fingerprint density at radius 3 is 2.72 bits per heavy atom. The summed E-state index contributed by atoms with van der Waals surface area (Å²) >= 11 is 0. The molecule has 11 heteroatoms. The van der Waals surface area contributed by atoms with Crippen LogP contribution < -0.4 is 20.9 Å². The maximum absolute atomic E-state index is 12.2. The van der Waals surface area contributed by atoms with E-state index in [1.807, 2.05) is 0 Å². The highest BCUT2D eigenvalue weighted by Gasteiger charge is 2.35. The minimum atomic E-state index is -1.82. The van der Waals surface area contributed by atoms with Crippen molar-refractivity contribution in [1.29, 1.82) is 0 Å². The minimum Gasteiger partial charge on any atom is -0.535 e. The van der Waals surface area contributed by atoms with Crippen LogP contribution in [0.4, 0.5) is 0 Å². The van der Waals surface area contributed by atoms with E-state index in [9.17, 15) is 25.1 Å². The molecule has 0 bridgehead atoms. The van der Waals surface area contributed by atoms with Crippen LogP contribution in [0.5, 0.6) is 11.5 Å². The zero-order chi connectivity index (χ0) is 21.1. The topological polar surface area (TPSA) is 172 Å². The molecule has 3 rings (SSSR count). The van der Waals surface area contributed by atoms with Crippen molar-refractivity contribution in [3.8, 4) is 11.5 Å². The highest BCUT2D eigenvalue weighted by Crippen LogP contribution is 2.40. The van der Waals surface area contributed by atoms with Crippen LogP contribution in [0.2, 0.25) is 6.32 Å². The third kappa shape index (κ3) is 5.00. The van der Waals surface area contributed by atoms with Crippen LogP contribution >= 0.6 is 0 Å². The molecule has 0 aliphatic carbocycles. The van der Waals surface area contributed by atoms with Crippen molar-refractivity contribution in [3.63, 3.8) is 0 Å². The van der Waals surface area contributed by atoms with Gasteiger partial charge in [0.25, 0.3) is 0 Å². The third-order valence-corrected chi connectivity index (χ3v) is 5.33. The van der Waals surface area contributed by atoms with Crippen LogP contribution in [0.3, 0.4) is 0 Å². The zero-order valence-corrected chi connectivity index (χ0v) is 16.1. The van der Waals surface area contributed by atoms with E-state index in [2.05, 4.69) is 0 Å². The fraction of sp³-hybridized carbons (Fsp3) is 0.611. The van der Waals surface area contributed by atoms with Crippen molar-refractivity contribution in [1.82, 2.24) is 4.90 Å². The lowest BCUT2D eigenvalue weighted by atomic mass is 9.78. The lowest BCUT2D eigenvalue weighted by molar-refractivity contribution is -0.140. The molecule has 2 atom stereocenters. The zero-order valence-electron chi connectivity index (χ0n) is 16.1. The second kappa shape index (κ2) is 9.29. The summed E-state index contributed by atoms with van der Waals surface area (Å²) in [5.41, 5.74) is 12.0. The average Bonchev–Trinajstić information content (AvgIpc) is 2.66. The van der Waals surface area contributed by atoms with Crippen LogP contribution in [0.1, 0.15) is 30.3 Å². The predicted octanol–water partition coefficient (Wildman–Crippen LogP) is -1.90. The van der Waals surface area contributed by atoms with Gasteiger partial charge in [0.1, 0.15) is 17.6 Å². The van der Waals surface area contributed by atoms with Crippen molar-refractivity contribution >= 4 is 13.0 Å². The number of nitrogens with two attached hydrogens (primary N) is 2. The van der Waals surface area contributed by atoms with Gasteiger partial charge in [-0.2, -0.15) is 0 Å². The Morgan fingerprint density at radius 1 is 1.34 bits per heavy atom. The van der Waals surface area contributed by atoms with Crippen LogP contribution in [0, 0.1) is 0 Å². The molecule has 8 N–H and O–H groups in total. The Balaban J connectivity index is 1.56. The molecule has 29 heavy (non-hydrogen) atoms. The summed E-state index contributed by atoms with van der Waals surface area (Å²) in [6, 6.07) is 2.87. The second-order valence-corrected chi connectivity index (χ2v) is 7.49. The van der Waals surface area contributed by atoms with Gasteiger partial charge in [0.2, 0.25) is 5.91 Å². The summed E-state index contributed by atoms with van der Waals surface area (Å²) in [6.07, 6.45) is -1.42. The Bertz CT molecular complexity index is 730. The maximum atomic E-state index is 12.2. The molecule has 2 heterocycles. The average molecular weight is 409 g/mol. The Hall–Kier alpha value is -1.89. The molecule has 0 saturated carbocycles. The molecule has 2 aliphatic rings. The van der Waals surface area contributed by atoms with Crippen LogP contribution in [-0.2, 0) is 11.2 Å². The summed E-state index contributed by atoms with van der Waals surface area (Å²) in [5.74, 6) is 0.387. The first-order valence-corrected chi connectivity index (χ1v) is 9.75. The number of likely N-dealkylation sites (tertiary alicyclic amines) is 1. The van der Waals surface area contributed by atoms with Crippen molar-refractivity contribution in [2.24, 2.45) is 11.5 Å². The van der Waals surface area contributed by atoms with Gasteiger partial charge in [0, 0.05) is 19.0 Å². The second-order valence-electron chi connectivity index (χ2n) is 7.49. The summed E-state index contributed by atoms with van der Waals surface area (Å²) in [4.78, 5) is 13.8. The van der Waals surface area contributed by atoms with Crippen molar-refractivity contribution < 1.29 is 34.5 Å². The molecule has 0 spiro atoms. The Morgan fingerprint density at radius 2 is 2.07 bits per heavy atom. The number of aliphatic hydroxyl groups is 3. The van der Waals surface area contributed by atoms with E-state index >= 15 is 0 Å². The van der Waals surface area contributed by atoms with Crippen molar-refractivity contribution in [2.45, 2.75) is 50.1 Å². The summed E-state index contributed by atoms with van der Waals surface area (Å²) in [6.45, 7) is 0.764. The third-order valence-electron chi connectivity index (χ3n) is 5.33. The quantitative estimate of drug-likeness (QED) is 0.212.